The third-order valence-corrected chi connectivity index (χ3v) is 2.60. The summed E-state index contributed by atoms with van der Waals surface area (Å²) in [5, 5.41) is 3.98. The Morgan fingerprint density at radius 1 is 1.07 bits per heavy atom. The highest BCUT2D eigenvalue weighted by molar-refractivity contribution is 7.08. The van der Waals surface area contributed by atoms with Crippen molar-refractivity contribution in [3.63, 3.8) is 0 Å². The van der Waals surface area contributed by atoms with Crippen LogP contribution in [-0.4, -0.2) is 13.2 Å². The number of hydrogen-bond donors (Lipinski definition) is 0. The summed E-state index contributed by atoms with van der Waals surface area (Å²) >= 11 is 1.62. The lowest BCUT2D eigenvalue weighted by molar-refractivity contribution is 0.273. The summed E-state index contributed by atoms with van der Waals surface area (Å²) in [5.41, 5.74) is 0. The quantitative estimate of drug-likeness (QED) is 0.644. The molecule has 0 radical (unpaired) electrons. The molecule has 1 rings (SSSR count). The van der Waals surface area contributed by atoms with Crippen molar-refractivity contribution in [2.75, 3.05) is 13.2 Å². The van der Waals surface area contributed by atoms with E-state index in [1.807, 2.05) is 17.7 Å². The summed E-state index contributed by atoms with van der Waals surface area (Å²) in [6.07, 6.45) is 3.58. The number of unbranched alkanes of at least 4 members (excludes halogenated alkanes) is 2. The molecule has 0 aliphatic rings. The van der Waals surface area contributed by atoms with E-state index < -0.39 is 0 Å². The number of thiophene rings is 1. The second kappa shape index (κ2) is 6.71. The van der Waals surface area contributed by atoms with Gasteiger partial charge in [-0.15, -0.1) is 11.3 Å². The van der Waals surface area contributed by atoms with Crippen LogP contribution >= 0.6 is 11.3 Å². The number of hydrogen-bond acceptors (Lipinski definition) is 3. The van der Waals surface area contributed by atoms with Gasteiger partial charge in [-0.1, -0.05) is 19.8 Å². The fourth-order valence-corrected chi connectivity index (χ4v) is 1.86. The summed E-state index contributed by atoms with van der Waals surface area (Å²) in [7, 11) is 0. The standard InChI is InChI=1S/C11H18O2S/c1-3-5-6-7-13-11-9-14-8-10(11)12-4-2/h8-9H,3-7H2,1-2H3. The molecule has 0 atom stereocenters. The van der Waals surface area contributed by atoms with Gasteiger partial charge in [0, 0.05) is 10.8 Å². The zero-order chi connectivity index (χ0) is 10.2. The molecule has 1 aromatic rings. The zero-order valence-corrected chi connectivity index (χ0v) is 9.73. The van der Waals surface area contributed by atoms with Gasteiger partial charge >= 0.3 is 0 Å². The topological polar surface area (TPSA) is 18.5 Å². The maximum atomic E-state index is 5.62. The van der Waals surface area contributed by atoms with Crippen molar-refractivity contribution in [3.8, 4) is 11.5 Å². The predicted molar refractivity (Wildman–Crippen MR) is 60.5 cm³/mol. The predicted octanol–water partition coefficient (Wildman–Crippen LogP) is 3.72. The molecule has 0 bridgehead atoms. The summed E-state index contributed by atoms with van der Waals surface area (Å²) < 4.78 is 11.0. The monoisotopic (exact) mass is 214 g/mol. The first kappa shape index (κ1) is 11.4. The number of rotatable bonds is 7. The Kier molecular flexibility index (Phi) is 5.45. The van der Waals surface area contributed by atoms with Gasteiger partial charge in [-0.2, -0.15) is 0 Å². The van der Waals surface area contributed by atoms with Gasteiger partial charge < -0.3 is 9.47 Å². The van der Waals surface area contributed by atoms with Crippen molar-refractivity contribution >= 4 is 11.3 Å². The molecular formula is C11H18O2S. The summed E-state index contributed by atoms with van der Waals surface area (Å²) in [5.74, 6) is 1.78. The van der Waals surface area contributed by atoms with Gasteiger partial charge in [0.05, 0.1) is 13.2 Å². The van der Waals surface area contributed by atoms with Gasteiger partial charge in [0.1, 0.15) is 0 Å². The SMILES string of the molecule is CCCCCOc1cscc1OCC. The normalized spacial score (nSPS) is 10.1. The molecule has 0 saturated carbocycles. The van der Waals surface area contributed by atoms with E-state index in [9.17, 15) is 0 Å². The van der Waals surface area contributed by atoms with Crippen molar-refractivity contribution in [3.05, 3.63) is 10.8 Å². The molecule has 0 aliphatic carbocycles. The lowest BCUT2D eigenvalue weighted by atomic mass is 10.3. The molecule has 0 saturated heterocycles. The lowest BCUT2D eigenvalue weighted by Gasteiger charge is -2.06. The summed E-state index contributed by atoms with van der Waals surface area (Å²) in [6.45, 7) is 5.67. The maximum Gasteiger partial charge on any atom is 0.171 e. The van der Waals surface area contributed by atoms with Crippen molar-refractivity contribution in [1.82, 2.24) is 0 Å². The van der Waals surface area contributed by atoms with E-state index in [4.69, 9.17) is 9.47 Å². The molecular weight excluding hydrogens is 196 g/mol. The molecule has 0 aromatic carbocycles. The van der Waals surface area contributed by atoms with Crippen molar-refractivity contribution in [2.45, 2.75) is 33.1 Å². The second-order valence-corrected chi connectivity index (χ2v) is 3.83. The van der Waals surface area contributed by atoms with Crippen LogP contribution in [0.2, 0.25) is 0 Å². The molecule has 0 aliphatic heterocycles. The van der Waals surface area contributed by atoms with Gasteiger partial charge in [-0.05, 0) is 13.3 Å². The van der Waals surface area contributed by atoms with Crippen LogP contribution in [-0.2, 0) is 0 Å². The Balaban J connectivity index is 2.30. The van der Waals surface area contributed by atoms with Crippen LogP contribution < -0.4 is 9.47 Å². The summed E-state index contributed by atoms with van der Waals surface area (Å²) in [6, 6.07) is 0. The number of ether oxygens (including phenoxy) is 2. The van der Waals surface area contributed by atoms with Gasteiger partial charge in [-0.3, -0.25) is 0 Å². The van der Waals surface area contributed by atoms with Crippen LogP contribution in [0.15, 0.2) is 10.8 Å². The van der Waals surface area contributed by atoms with Crippen LogP contribution in [0.5, 0.6) is 11.5 Å². The second-order valence-electron chi connectivity index (χ2n) is 3.09. The molecule has 1 aromatic heterocycles. The fraction of sp³-hybridized carbons (Fsp3) is 0.636. The van der Waals surface area contributed by atoms with Crippen LogP contribution in [0, 0.1) is 0 Å². The smallest absolute Gasteiger partial charge is 0.171 e. The minimum Gasteiger partial charge on any atom is -0.489 e. The zero-order valence-electron chi connectivity index (χ0n) is 8.91. The Labute approximate surface area is 89.9 Å². The van der Waals surface area contributed by atoms with E-state index >= 15 is 0 Å². The maximum absolute atomic E-state index is 5.62. The van der Waals surface area contributed by atoms with E-state index in [2.05, 4.69) is 6.92 Å². The molecule has 14 heavy (non-hydrogen) atoms. The van der Waals surface area contributed by atoms with Crippen LogP contribution in [0.1, 0.15) is 33.1 Å². The average molecular weight is 214 g/mol. The third kappa shape index (κ3) is 3.58. The van der Waals surface area contributed by atoms with E-state index in [-0.39, 0.29) is 0 Å². The van der Waals surface area contributed by atoms with E-state index in [0.717, 1.165) is 24.5 Å². The minimum absolute atomic E-state index is 0.696. The molecule has 2 nitrogen and oxygen atoms in total. The van der Waals surface area contributed by atoms with Crippen LogP contribution in [0.3, 0.4) is 0 Å². The lowest BCUT2D eigenvalue weighted by Crippen LogP contribution is -1.98. The molecule has 0 unspecified atom stereocenters. The molecule has 1 heterocycles. The molecule has 3 heteroatoms. The Hall–Kier alpha value is -0.700. The van der Waals surface area contributed by atoms with Crippen LogP contribution in [0.25, 0.3) is 0 Å². The Bertz CT molecular complexity index is 245. The Morgan fingerprint density at radius 2 is 1.79 bits per heavy atom. The van der Waals surface area contributed by atoms with E-state index in [1.165, 1.54) is 12.8 Å². The molecule has 80 valence electrons. The molecule has 0 N–H and O–H groups in total. The van der Waals surface area contributed by atoms with Gasteiger partial charge in [-0.25, -0.2) is 0 Å². The van der Waals surface area contributed by atoms with Crippen molar-refractivity contribution in [1.29, 1.82) is 0 Å². The van der Waals surface area contributed by atoms with Gasteiger partial charge in [0.15, 0.2) is 11.5 Å². The molecule has 0 fully saturated rings. The molecule has 0 spiro atoms. The van der Waals surface area contributed by atoms with Gasteiger partial charge in [0.25, 0.3) is 0 Å². The average Bonchev–Trinajstić information content (AvgIpc) is 2.61. The van der Waals surface area contributed by atoms with Crippen molar-refractivity contribution in [2.24, 2.45) is 0 Å². The van der Waals surface area contributed by atoms with Crippen LogP contribution in [0.4, 0.5) is 0 Å². The van der Waals surface area contributed by atoms with Crippen molar-refractivity contribution < 1.29 is 9.47 Å². The first-order valence-corrected chi connectivity index (χ1v) is 6.14. The first-order valence-electron chi connectivity index (χ1n) is 5.20. The largest absolute Gasteiger partial charge is 0.489 e. The van der Waals surface area contributed by atoms with E-state index in [0.29, 0.717) is 6.61 Å². The highest BCUT2D eigenvalue weighted by Crippen LogP contribution is 2.31. The minimum atomic E-state index is 0.696. The highest BCUT2D eigenvalue weighted by Gasteiger charge is 2.04. The van der Waals surface area contributed by atoms with Gasteiger partial charge in [0.2, 0.25) is 0 Å². The molecule has 0 amide bonds. The first-order chi connectivity index (χ1) is 6.88. The fourth-order valence-electron chi connectivity index (χ4n) is 1.17. The summed E-state index contributed by atoms with van der Waals surface area (Å²) in [4.78, 5) is 0. The Morgan fingerprint density at radius 3 is 2.43 bits per heavy atom. The van der Waals surface area contributed by atoms with E-state index in [1.54, 1.807) is 11.3 Å². The third-order valence-electron chi connectivity index (χ3n) is 1.90. The highest BCUT2D eigenvalue weighted by atomic mass is 32.1.